The minimum atomic E-state index is -2.41. The number of aryl methyl sites for hydroxylation is 2. The van der Waals surface area contributed by atoms with E-state index in [0.29, 0.717) is 56.0 Å². The summed E-state index contributed by atoms with van der Waals surface area (Å²) in [6.45, 7) is 6.68. The van der Waals surface area contributed by atoms with E-state index in [0.717, 1.165) is 37.1 Å². The molecule has 0 aliphatic carbocycles. The Hall–Kier alpha value is -3.74. The molecule has 2 aromatic heterocycles. The van der Waals surface area contributed by atoms with Crippen molar-refractivity contribution in [2.75, 3.05) is 18.8 Å². The zero-order valence-electron chi connectivity index (χ0n) is 23.5. The van der Waals surface area contributed by atoms with E-state index in [1.807, 2.05) is 42.7 Å². The van der Waals surface area contributed by atoms with E-state index in [2.05, 4.69) is 5.32 Å². The second-order valence-electron chi connectivity index (χ2n) is 9.92. The van der Waals surface area contributed by atoms with Crippen LogP contribution in [0.15, 0.2) is 58.1 Å². The van der Waals surface area contributed by atoms with Crippen molar-refractivity contribution in [1.29, 1.82) is 0 Å². The molecule has 0 fully saturated rings. The van der Waals surface area contributed by atoms with Crippen LogP contribution >= 0.6 is 0 Å². The van der Waals surface area contributed by atoms with E-state index in [-0.39, 0.29) is 17.0 Å². The highest BCUT2D eigenvalue weighted by atomic mass is 32.2. The van der Waals surface area contributed by atoms with Crippen LogP contribution in [0.3, 0.4) is 0 Å². The summed E-state index contributed by atoms with van der Waals surface area (Å²) in [4.78, 5) is 32.1. The highest BCUT2D eigenvalue weighted by Gasteiger charge is 2.21. The lowest BCUT2D eigenvalue weighted by atomic mass is 10.1. The molecule has 0 amide bonds. The lowest BCUT2D eigenvalue weighted by Crippen LogP contribution is -2.41. The van der Waals surface area contributed by atoms with Gasteiger partial charge in [0.15, 0.2) is 11.2 Å². The van der Waals surface area contributed by atoms with Gasteiger partial charge in [-0.15, -0.1) is 0 Å². The number of fused-ring (bicyclic) bond motifs is 1. The van der Waals surface area contributed by atoms with Gasteiger partial charge >= 0.3 is 17.1 Å². The molecular weight excluding hydrogens is 544 g/mol. The Labute approximate surface area is 241 Å². The average molecular weight is 583 g/mol. The van der Waals surface area contributed by atoms with Crippen molar-refractivity contribution in [3.8, 4) is 5.75 Å². The predicted molar refractivity (Wildman–Crippen MR) is 162 cm³/mol. The van der Waals surface area contributed by atoms with Crippen LogP contribution in [-0.2, 0) is 43.8 Å². The molecule has 0 bridgehead atoms. The van der Waals surface area contributed by atoms with Crippen LogP contribution in [0.1, 0.15) is 50.1 Å². The monoisotopic (exact) mass is 582 g/mol. The predicted octanol–water partition coefficient (Wildman–Crippen LogP) is 3.09. The Morgan fingerprint density at radius 1 is 0.927 bits per heavy atom. The van der Waals surface area contributed by atoms with E-state index in [9.17, 15) is 13.8 Å². The molecule has 0 aliphatic rings. The lowest BCUT2D eigenvalue weighted by molar-refractivity contribution is 0.458. The number of hydrogen-bond acceptors (Lipinski definition) is 7. The maximum Gasteiger partial charge on any atom is 0.357 e. The molecule has 1 unspecified atom stereocenters. The highest BCUT2D eigenvalue weighted by molar-refractivity contribution is 7.74. The molecule has 2 aromatic carbocycles. The van der Waals surface area contributed by atoms with Crippen LogP contribution in [0.25, 0.3) is 11.2 Å². The minimum absolute atomic E-state index is 0.269. The summed E-state index contributed by atoms with van der Waals surface area (Å²) in [5, 5.41) is 3.31. The Morgan fingerprint density at radius 2 is 1.63 bits per heavy atom. The van der Waals surface area contributed by atoms with Crippen molar-refractivity contribution in [1.82, 2.24) is 24.0 Å². The van der Waals surface area contributed by atoms with Crippen molar-refractivity contribution in [2.24, 2.45) is 0 Å². The third-order valence-electron chi connectivity index (χ3n) is 6.93. The molecule has 12 heteroatoms. The number of aromatic nitrogens is 4. The van der Waals surface area contributed by atoms with Gasteiger partial charge in [0, 0.05) is 38.3 Å². The quantitative estimate of drug-likeness (QED) is 0.110. The molecule has 0 spiro atoms. The van der Waals surface area contributed by atoms with Crippen molar-refractivity contribution >= 4 is 28.2 Å². The number of nitrogens with one attached hydrogen (secondary N) is 1. The minimum Gasteiger partial charge on any atom is -0.399 e. The number of likely N-dealkylation sites (N-methyl/N-ethyl adjacent to an activating group) is 1. The number of nitrogens with two attached hydrogens (primary N) is 1. The first kappa shape index (κ1) is 30.2. The van der Waals surface area contributed by atoms with Gasteiger partial charge in [0.25, 0.3) is 5.56 Å². The van der Waals surface area contributed by atoms with Gasteiger partial charge in [-0.2, -0.15) is 4.21 Å². The van der Waals surface area contributed by atoms with Gasteiger partial charge in [-0.3, -0.25) is 18.5 Å². The van der Waals surface area contributed by atoms with Gasteiger partial charge in [0.05, 0.1) is 0 Å². The Morgan fingerprint density at radius 3 is 2.29 bits per heavy atom. The molecular formula is C29H38N6O5S. The van der Waals surface area contributed by atoms with Crippen LogP contribution in [0.2, 0.25) is 0 Å². The van der Waals surface area contributed by atoms with E-state index >= 15 is 0 Å². The summed E-state index contributed by atoms with van der Waals surface area (Å²) in [6, 6.07) is 14.6. The normalized spacial score (nSPS) is 12.2. The largest absolute Gasteiger partial charge is 0.399 e. The molecule has 0 saturated heterocycles. The first-order chi connectivity index (χ1) is 19.8. The van der Waals surface area contributed by atoms with Crippen LogP contribution < -0.4 is 26.5 Å². The van der Waals surface area contributed by atoms with Crippen molar-refractivity contribution < 1.29 is 12.9 Å². The maximum absolute atomic E-state index is 13.7. The number of hydrogen-bond donors (Lipinski definition) is 3. The fraction of sp³-hybridized carbons (Fsp3) is 0.414. The number of imidazole rings is 1. The third kappa shape index (κ3) is 7.51. The van der Waals surface area contributed by atoms with Gasteiger partial charge in [0.2, 0.25) is 0 Å². The summed E-state index contributed by atoms with van der Waals surface area (Å²) in [5.41, 5.74) is 8.77. The van der Waals surface area contributed by atoms with E-state index in [4.69, 9.17) is 19.5 Å². The molecule has 4 rings (SSSR count). The van der Waals surface area contributed by atoms with Crippen LogP contribution in [0.4, 0.5) is 5.69 Å². The zero-order chi connectivity index (χ0) is 29.4. The summed E-state index contributed by atoms with van der Waals surface area (Å²) in [5.74, 6) is 0.934. The molecule has 220 valence electrons. The van der Waals surface area contributed by atoms with Crippen LogP contribution in [0.5, 0.6) is 5.75 Å². The number of unbranched alkanes of at least 4 members (excludes halogenated alkanes) is 1. The smallest absolute Gasteiger partial charge is 0.357 e. The van der Waals surface area contributed by atoms with Crippen molar-refractivity contribution in [2.45, 2.75) is 65.6 Å². The van der Waals surface area contributed by atoms with Gasteiger partial charge in [-0.05, 0) is 67.6 Å². The molecule has 11 nitrogen and oxygen atoms in total. The van der Waals surface area contributed by atoms with Crippen LogP contribution in [-0.4, -0.2) is 40.5 Å². The number of anilines is 1. The summed E-state index contributed by atoms with van der Waals surface area (Å²) in [7, 11) is 0. The van der Waals surface area contributed by atoms with Gasteiger partial charge < -0.3 is 19.8 Å². The van der Waals surface area contributed by atoms with Crippen molar-refractivity contribution in [3.05, 3.63) is 86.3 Å². The fourth-order valence-electron chi connectivity index (χ4n) is 4.91. The highest BCUT2D eigenvalue weighted by Crippen LogP contribution is 2.19. The Bertz CT molecular complexity index is 1590. The number of nitrogen functional groups attached to an aromatic ring is 1. The number of nitrogens with zero attached hydrogens (tertiary/aromatic N) is 4. The van der Waals surface area contributed by atoms with Crippen LogP contribution in [0, 0.1) is 0 Å². The molecule has 1 atom stereocenters. The van der Waals surface area contributed by atoms with Gasteiger partial charge in [-0.25, -0.2) is 9.78 Å². The zero-order valence-corrected chi connectivity index (χ0v) is 24.4. The SMILES string of the molecule is CCCn1c(=O)c2c(nc(Cc3ccc(OS(=O)O)cc3)n2CCNCC)n(CCCCc2ccc(N)cc2)c1=O. The Balaban J connectivity index is 1.71. The van der Waals surface area contributed by atoms with Crippen molar-refractivity contribution in [3.63, 3.8) is 0 Å². The molecule has 2 heterocycles. The van der Waals surface area contributed by atoms with Gasteiger partial charge in [0.1, 0.15) is 11.6 Å². The van der Waals surface area contributed by atoms with E-state index < -0.39 is 11.4 Å². The molecule has 0 saturated carbocycles. The van der Waals surface area contributed by atoms with Gasteiger partial charge in [-0.1, -0.05) is 38.1 Å². The Kier molecular flexibility index (Phi) is 10.5. The standard InChI is InChI=1S/C29H38N6O5S/c1-3-17-35-28(36)26-27(34(29(35)37)18-6-5-7-21-8-12-23(30)13-9-21)32-25(33(26)19-16-31-4-2)20-22-10-14-24(15-11-22)40-41(38)39/h8-15,31H,3-7,16-20,30H2,1-2H3,(H,38,39). The maximum atomic E-state index is 13.7. The first-order valence-electron chi connectivity index (χ1n) is 14.0. The van der Waals surface area contributed by atoms with E-state index in [1.165, 1.54) is 10.1 Å². The molecule has 0 aliphatic heterocycles. The number of rotatable bonds is 15. The van der Waals surface area contributed by atoms with E-state index in [1.54, 1.807) is 28.8 Å². The second kappa shape index (κ2) is 14.2. The fourth-order valence-corrected chi connectivity index (χ4v) is 5.19. The first-order valence-corrected chi connectivity index (χ1v) is 15.0. The summed E-state index contributed by atoms with van der Waals surface area (Å²) < 4.78 is 29.7. The number of benzene rings is 2. The topological polar surface area (TPSA) is 146 Å². The molecule has 0 radical (unpaired) electrons. The molecule has 4 N–H and O–H groups in total. The average Bonchev–Trinajstić information content (AvgIpc) is 3.30. The summed E-state index contributed by atoms with van der Waals surface area (Å²) >= 11 is -2.41. The summed E-state index contributed by atoms with van der Waals surface area (Å²) in [6.07, 6.45) is 3.53. The molecule has 4 aromatic rings. The lowest BCUT2D eigenvalue weighted by Gasteiger charge is -2.13. The second-order valence-corrected chi connectivity index (χ2v) is 10.5. The third-order valence-corrected chi connectivity index (χ3v) is 7.27. The molecule has 41 heavy (non-hydrogen) atoms.